The molecule has 0 heterocycles. The van der Waals surface area contributed by atoms with Gasteiger partial charge in [-0.15, -0.1) is 0 Å². The molecule has 2 atom stereocenters. The van der Waals surface area contributed by atoms with Crippen LogP contribution in [0.1, 0.15) is 24.0 Å². The van der Waals surface area contributed by atoms with Crippen LogP contribution in [0.25, 0.3) is 0 Å². The summed E-state index contributed by atoms with van der Waals surface area (Å²) in [6.45, 7) is 0.753. The molecule has 3 rings (SSSR count). The van der Waals surface area contributed by atoms with Crippen molar-refractivity contribution in [3.05, 3.63) is 59.7 Å². The summed E-state index contributed by atoms with van der Waals surface area (Å²) in [5.74, 6) is -0.891. The minimum absolute atomic E-state index is 0.211. The Morgan fingerprint density at radius 2 is 1.78 bits per heavy atom. The molecule has 2 aromatic carbocycles. The second kappa shape index (κ2) is 8.58. The van der Waals surface area contributed by atoms with E-state index in [2.05, 4.69) is 5.32 Å². The van der Waals surface area contributed by atoms with Gasteiger partial charge in [-0.25, -0.2) is 0 Å². The smallest absolute Gasteiger partial charge is 0.307 e. The highest BCUT2D eigenvalue weighted by atomic mass is 16.5. The van der Waals surface area contributed by atoms with E-state index < -0.39 is 17.8 Å². The molecule has 27 heavy (non-hydrogen) atoms. The molecule has 0 aliphatic heterocycles. The van der Waals surface area contributed by atoms with E-state index in [1.807, 2.05) is 48.5 Å². The fraction of sp³-hybridized carbons (Fsp3) is 0.333. The molecule has 142 valence electrons. The van der Waals surface area contributed by atoms with E-state index in [0.29, 0.717) is 37.5 Å². The van der Waals surface area contributed by atoms with Crippen molar-refractivity contribution in [3.8, 4) is 11.5 Å². The fourth-order valence-electron chi connectivity index (χ4n) is 3.11. The fourth-order valence-corrected chi connectivity index (χ4v) is 3.11. The lowest BCUT2D eigenvalue weighted by Crippen LogP contribution is -2.43. The van der Waals surface area contributed by atoms with Crippen molar-refractivity contribution in [1.82, 2.24) is 5.32 Å². The maximum atomic E-state index is 12.2. The molecule has 2 unspecified atom stereocenters. The first-order valence-corrected chi connectivity index (χ1v) is 8.92. The van der Waals surface area contributed by atoms with Gasteiger partial charge in [0.25, 0.3) is 0 Å². The van der Waals surface area contributed by atoms with E-state index in [0.717, 1.165) is 11.1 Å². The third kappa shape index (κ3) is 4.58. The SMILES string of the molecule is COc1cc(CNC(=O)C2CCC2C(=O)O)ccc1OCc1ccccc1. The van der Waals surface area contributed by atoms with Crippen LogP contribution in [0.2, 0.25) is 0 Å². The number of nitrogens with one attached hydrogen (secondary N) is 1. The van der Waals surface area contributed by atoms with Gasteiger partial charge >= 0.3 is 5.97 Å². The Hall–Kier alpha value is -3.02. The summed E-state index contributed by atoms with van der Waals surface area (Å²) < 4.78 is 11.2. The van der Waals surface area contributed by atoms with Crippen LogP contribution in [-0.2, 0) is 22.7 Å². The zero-order chi connectivity index (χ0) is 19.2. The third-order valence-electron chi connectivity index (χ3n) is 4.86. The second-order valence-electron chi connectivity index (χ2n) is 6.61. The van der Waals surface area contributed by atoms with E-state index in [-0.39, 0.29) is 5.91 Å². The molecule has 0 spiro atoms. The van der Waals surface area contributed by atoms with Crippen molar-refractivity contribution in [3.63, 3.8) is 0 Å². The highest BCUT2D eigenvalue weighted by Gasteiger charge is 2.41. The summed E-state index contributed by atoms with van der Waals surface area (Å²) in [6, 6.07) is 15.3. The first-order chi connectivity index (χ1) is 13.1. The number of ether oxygens (including phenoxy) is 2. The van der Waals surface area contributed by atoms with E-state index in [1.54, 1.807) is 7.11 Å². The Bertz CT molecular complexity index is 805. The number of carbonyl (C=O) groups is 2. The molecule has 0 radical (unpaired) electrons. The number of benzene rings is 2. The maximum Gasteiger partial charge on any atom is 0.307 e. The monoisotopic (exact) mass is 369 g/mol. The van der Waals surface area contributed by atoms with Gasteiger partial charge in [-0.2, -0.15) is 0 Å². The van der Waals surface area contributed by atoms with Crippen LogP contribution in [0.15, 0.2) is 48.5 Å². The van der Waals surface area contributed by atoms with Crippen molar-refractivity contribution in [1.29, 1.82) is 0 Å². The Morgan fingerprint density at radius 3 is 2.41 bits per heavy atom. The van der Waals surface area contributed by atoms with Crippen LogP contribution < -0.4 is 14.8 Å². The Balaban J connectivity index is 1.57. The van der Waals surface area contributed by atoms with Crippen LogP contribution >= 0.6 is 0 Å². The molecule has 1 fully saturated rings. The quantitative estimate of drug-likeness (QED) is 0.747. The summed E-state index contributed by atoms with van der Waals surface area (Å²) in [4.78, 5) is 23.2. The van der Waals surface area contributed by atoms with E-state index in [4.69, 9.17) is 14.6 Å². The van der Waals surface area contributed by atoms with E-state index in [9.17, 15) is 9.59 Å². The molecule has 1 saturated carbocycles. The van der Waals surface area contributed by atoms with Crippen LogP contribution in [0.3, 0.4) is 0 Å². The molecular formula is C21H23NO5. The molecule has 0 saturated heterocycles. The maximum absolute atomic E-state index is 12.2. The number of carboxylic acids is 1. The molecule has 6 nitrogen and oxygen atoms in total. The molecule has 1 amide bonds. The number of hydrogen-bond acceptors (Lipinski definition) is 4. The molecule has 2 N–H and O–H groups in total. The van der Waals surface area contributed by atoms with Gasteiger partial charge in [0.05, 0.1) is 18.9 Å². The lowest BCUT2D eigenvalue weighted by Gasteiger charge is -2.31. The van der Waals surface area contributed by atoms with Crippen molar-refractivity contribution in [2.75, 3.05) is 7.11 Å². The summed E-state index contributed by atoms with van der Waals surface area (Å²) >= 11 is 0. The number of aliphatic carboxylic acids is 1. The molecule has 6 heteroatoms. The number of amides is 1. The largest absolute Gasteiger partial charge is 0.493 e. The number of methoxy groups -OCH3 is 1. The minimum atomic E-state index is -0.900. The first kappa shape index (κ1) is 18.8. The van der Waals surface area contributed by atoms with Crippen molar-refractivity contribution >= 4 is 11.9 Å². The van der Waals surface area contributed by atoms with E-state index in [1.165, 1.54) is 0 Å². The number of carboxylic acid groups (broad SMARTS) is 1. The zero-order valence-corrected chi connectivity index (χ0v) is 15.2. The third-order valence-corrected chi connectivity index (χ3v) is 4.86. The topological polar surface area (TPSA) is 84.9 Å². The molecule has 1 aliphatic carbocycles. The lowest BCUT2D eigenvalue weighted by atomic mass is 9.73. The first-order valence-electron chi connectivity index (χ1n) is 8.92. The van der Waals surface area contributed by atoms with Crippen LogP contribution in [0.4, 0.5) is 0 Å². The average Bonchev–Trinajstić information content (AvgIpc) is 2.64. The van der Waals surface area contributed by atoms with E-state index >= 15 is 0 Å². The number of rotatable bonds is 8. The normalized spacial score (nSPS) is 18.3. The molecule has 1 aliphatic rings. The standard InChI is InChI=1S/C21H23NO5/c1-26-19-11-15(12-22-20(23)16-8-9-17(16)21(24)25)7-10-18(19)27-13-14-5-3-2-4-6-14/h2-7,10-11,16-17H,8-9,12-13H2,1H3,(H,22,23)(H,24,25). The van der Waals surface area contributed by atoms with Gasteiger partial charge in [-0.3, -0.25) is 9.59 Å². The highest BCUT2D eigenvalue weighted by molar-refractivity contribution is 5.86. The number of hydrogen-bond donors (Lipinski definition) is 2. The summed E-state index contributed by atoms with van der Waals surface area (Å²) in [6.07, 6.45) is 1.19. The number of carbonyl (C=O) groups excluding carboxylic acids is 1. The predicted octanol–water partition coefficient (Wildman–Crippen LogP) is 3.00. The van der Waals surface area contributed by atoms with Gasteiger partial charge in [-0.1, -0.05) is 36.4 Å². The second-order valence-corrected chi connectivity index (χ2v) is 6.61. The van der Waals surface area contributed by atoms with Gasteiger partial charge < -0.3 is 19.9 Å². The van der Waals surface area contributed by atoms with Crippen molar-refractivity contribution in [2.45, 2.75) is 26.0 Å². The highest BCUT2D eigenvalue weighted by Crippen LogP contribution is 2.34. The minimum Gasteiger partial charge on any atom is -0.493 e. The van der Waals surface area contributed by atoms with Crippen molar-refractivity contribution in [2.24, 2.45) is 11.8 Å². The average molecular weight is 369 g/mol. The molecule has 2 aromatic rings. The van der Waals surface area contributed by atoms with Crippen molar-refractivity contribution < 1.29 is 24.2 Å². The van der Waals surface area contributed by atoms with Gasteiger partial charge in [-0.05, 0) is 36.1 Å². The Morgan fingerprint density at radius 1 is 1.04 bits per heavy atom. The van der Waals surface area contributed by atoms with Crippen LogP contribution in [-0.4, -0.2) is 24.1 Å². The van der Waals surface area contributed by atoms with Gasteiger partial charge in [0.15, 0.2) is 11.5 Å². The predicted molar refractivity (Wildman–Crippen MR) is 99.5 cm³/mol. The van der Waals surface area contributed by atoms with Crippen LogP contribution in [0.5, 0.6) is 11.5 Å². The molecular weight excluding hydrogens is 346 g/mol. The summed E-state index contributed by atoms with van der Waals surface area (Å²) in [5, 5.41) is 11.9. The lowest BCUT2D eigenvalue weighted by molar-refractivity contribution is -0.152. The van der Waals surface area contributed by atoms with Gasteiger partial charge in [0.2, 0.25) is 5.91 Å². The summed E-state index contributed by atoms with van der Waals surface area (Å²) in [7, 11) is 1.57. The molecule has 0 bridgehead atoms. The van der Waals surface area contributed by atoms with Crippen LogP contribution in [0, 0.1) is 11.8 Å². The van der Waals surface area contributed by atoms with Gasteiger partial charge in [0, 0.05) is 6.54 Å². The van der Waals surface area contributed by atoms with Gasteiger partial charge in [0.1, 0.15) is 6.61 Å². The zero-order valence-electron chi connectivity index (χ0n) is 15.2. The summed E-state index contributed by atoms with van der Waals surface area (Å²) in [5.41, 5.74) is 1.92. The molecule has 0 aromatic heterocycles. The Kier molecular flexibility index (Phi) is 5.96. The Labute approximate surface area is 158 Å².